The van der Waals surface area contributed by atoms with Gasteiger partial charge in [0.05, 0.1) is 19.3 Å². The van der Waals surface area contributed by atoms with Crippen molar-refractivity contribution in [3.8, 4) is 0 Å². The van der Waals surface area contributed by atoms with E-state index in [1.807, 2.05) is 0 Å². The number of nitrogens with zero attached hydrogens (tertiary/aromatic N) is 4. The Morgan fingerprint density at radius 2 is 2.47 bits per heavy atom. The van der Waals surface area contributed by atoms with E-state index in [4.69, 9.17) is 9.84 Å². The SMILES string of the molecule is OCCn1nnnc1SCCCC1CCCO1. The van der Waals surface area contributed by atoms with Crippen LogP contribution in [0.3, 0.4) is 0 Å². The monoisotopic (exact) mass is 258 g/mol. The molecule has 0 saturated carbocycles. The maximum atomic E-state index is 8.84. The molecule has 0 radical (unpaired) electrons. The molecule has 0 aliphatic carbocycles. The summed E-state index contributed by atoms with van der Waals surface area (Å²) in [5, 5.41) is 21.0. The summed E-state index contributed by atoms with van der Waals surface area (Å²) in [6, 6.07) is 0. The van der Waals surface area contributed by atoms with Crippen LogP contribution in [0.15, 0.2) is 5.16 Å². The zero-order valence-corrected chi connectivity index (χ0v) is 10.6. The summed E-state index contributed by atoms with van der Waals surface area (Å²) in [5.74, 6) is 0.992. The minimum Gasteiger partial charge on any atom is -0.394 e. The second kappa shape index (κ2) is 6.93. The van der Waals surface area contributed by atoms with Crippen molar-refractivity contribution in [1.82, 2.24) is 20.2 Å². The van der Waals surface area contributed by atoms with Gasteiger partial charge in [0.25, 0.3) is 0 Å². The maximum absolute atomic E-state index is 8.84. The highest BCUT2D eigenvalue weighted by Crippen LogP contribution is 2.20. The summed E-state index contributed by atoms with van der Waals surface area (Å²) >= 11 is 1.64. The predicted octanol–water partition coefficient (Wildman–Crippen LogP) is 0.717. The number of tetrazole rings is 1. The Labute approximate surface area is 105 Å². The number of aliphatic hydroxyl groups is 1. The lowest BCUT2D eigenvalue weighted by Crippen LogP contribution is -2.07. The molecular weight excluding hydrogens is 240 g/mol. The Morgan fingerprint density at radius 3 is 3.24 bits per heavy atom. The van der Waals surface area contributed by atoms with Gasteiger partial charge in [-0.15, -0.1) is 5.10 Å². The number of hydrogen-bond donors (Lipinski definition) is 1. The van der Waals surface area contributed by atoms with E-state index in [0.717, 1.165) is 30.4 Å². The molecule has 6 nitrogen and oxygen atoms in total. The van der Waals surface area contributed by atoms with Crippen molar-refractivity contribution in [3.05, 3.63) is 0 Å². The average molecular weight is 258 g/mol. The van der Waals surface area contributed by atoms with Crippen molar-refractivity contribution in [1.29, 1.82) is 0 Å². The minimum absolute atomic E-state index is 0.0640. The smallest absolute Gasteiger partial charge is 0.209 e. The molecule has 0 spiro atoms. The summed E-state index contributed by atoms with van der Waals surface area (Å²) in [6.07, 6.45) is 5.10. The third-order valence-corrected chi connectivity index (χ3v) is 3.78. The second-order valence-corrected chi connectivity index (χ2v) is 5.10. The Kier molecular flexibility index (Phi) is 5.21. The van der Waals surface area contributed by atoms with Gasteiger partial charge in [-0.05, 0) is 36.1 Å². The number of aliphatic hydroxyl groups excluding tert-OH is 1. The van der Waals surface area contributed by atoms with Crippen molar-refractivity contribution in [2.45, 2.75) is 43.5 Å². The highest BCUT2D eigenvalue weighted by Gasteiger charge is 2.15. The standard InChI is InChI=1S/C10H18N4O2S/c15-6-5-14-10(11-12-13-14)17-8-2-4-9-3-1-7-16-9/h9,15H,1-8H2. The molecule has 0 amide bonds. The van der Waals surface area contributed by atoms with Crippen LogP contribution in [-0.2, 0) is 11.3 Å². The number of thioether (sulfide) groups is 1. The first-order valence-electron chi connectivity index (χ1n) is 6.01. The fraction of sp³-hybridized carbons (Fsp3) is 0.900. The first kappa shape index (κ1) is 12.8. The fourth-order valence-corrected chi connectivity index (χ4v) is 2.75. The molecule has 1 aromatic heterocycles. The molecule has 2 heterocycles. The Balaban J connectivity index is 1.65. The quantitative estimate of drug-likeness (QED) is 0.574. The van der Waals surface area contributed by atoms with Crippen LogP contribution >= 0.6 is 11.8 Å². The highest BCUT2D eigenvalue weighted by molar-refractivity contribution is 7.99. The van der Waals surface area contributed by atoms with E-state index in [9.17, 15) is 0 Å². The molecule has 1 aliphatic rings. The molecule has 1 unspecified atom stereocenters. The van der Waals surface area contributed by atoms with Crippen LogP contribution in [0, 0.1) is 0 Å². The van der Waals surface area contributed by atoms with Gasteiger partial charge in [-0.2, -0.15) is 0 Å². The van der Waals surface area contributed by atoms with Crippen LogP contribution in [-0.4, -0.2) is 50.4 Å². The van der Waals surface area contributed by atoms with Gasteiger partial charge in [-0.25, -0.2) is 4.68 Å². The van der Waals surface area contributed by atoms with Gasteiger partial charge in [0, 0.05) is 12.4 Å². The van der Waals surface area contributed by atoms with Crippen LogP contribution in [0.5, 0.6) is 0 Å². The van der Waals surface area contributed by atoms with Gasteiger partial charge >= 0.3 is 0 Å². The van der Waals surface area contributed by atoms with Crippen LogP contribution in [0.4, 0.5) is 0 Å². The molecule has 1 aliphatic heterocycles. The van der Waals surface area contributed by atoms with Gasteiger partial charge in [-0.1, -0.05) is 11.8 Å². The number of rotatable bonds is 7. The molecule has 1 fully saturated rings. The van der Waals surface area contributed by atoms with Gasteiger partial charge in [0.2, 0.25) is 5.16 Å². The van der Waals surface area contributed by atoms with E-state index in [1.165, 1.54) is 12.8 Å². The van der Waals surface area contributed by atoms with Crippen molar-refractivity contribution in [3.63, 3.8) is 0 Å². The summed E-state index contributed by atoms with van der Waals surface area (Å²) in [4.78, 5) is 0. The van der Waals surface area contributed by atoms with E-state index in [-0.39, 0.29) is 6.61 Å². The molecule has 17 heavy (non-hydrogen) atoms. The Morgan fingerprint density at radius 1 is 1.53 bits per heavy atom. The summed E-state index contributed by atoms with van der Waals surface area (Å²) in [6.45, 7) is 1.45. The molecule has 1 atom stereocenters. The Bertz CT molecular complexity index is 328. The van der Waals surface area contributed by atoms with Gasteiger partial charge in [0.15, 0.2) is 0 Å². The van der Waals surface area contributed by atoms with Crippen LogP contribution in [0.25, 0.3) is 0 Å². The lowest BCUT2D eigenvalue weighted by molar-refractivity contribution is 0.104. The first-order valence-corrected chi connectivity index (χ1v) is 7.00. The maximum Gasteiger partial charge on any atom is 0.209 e. The van der Waals surface area contributed by atoms with Gasteiger partial charge in [-0.3, -0.25) is 0 Å². The third-order valence-electron chi connectivity index (χ3n) is 2.74. The second-order valence-electron chi connectivity index (χ2n) is 4.03. The summed E-state index contributed by atoms with van der Waals surface area (Å²) in [5.41, 5.74) is 0. The van der Waals surface area contributed by atoms with E-state index in [1.54, 1.807) is 16.4 Å². The van der Waals surface area contributed by atoms with Gasteiger partial charge < -0.3 is 9.84 Å². The lowest BCUT2D eigenvalue weighted by Gasteiger charge is -2.08. The fourth-order valence-electron chi connectivity index (χ4n) is 1.88. The van der Waals surface area contributed by atoms with E-state index >= 15 is 0 Å². The largest absolute Gasteiger partial charge is 0.394 e. The average Bonchev–Trinajstić information content (AvgIpc) is 2.96. The molecule has 0 bridgehead atoms. The van der Waals surface area contributed by atoms with Crippen molar-refractivity contribution < 1.29 is 9.84 Å². The summed E-state index contributed by atoms with van der Waals surface area (Å²) in [7, 11) is 0. The van der Waals surface area contributed by atoms with Crippen molar-refractivity contribution in [2.24, 2.45) is 0 Å². The molecule has 7 heteroatoms. The molecule has 1 aromatic rings. The number of hydrogen-bond acceptors (Lipinski definition) is 6. The minimum atomic E-state index is 0.0640. The normalized spacial score (nSPS) is 19.9. The van der Waals surface area contributed by atoms with E-state index < -0.39 is 0 Å². The zero-order valence-electron chi connectivity index (χ0n) is 9.79. The number of aromatic nitrogens is 4. The molecule has 0 aromatic carbocycles. The molecule has 96 valence electrons. The first-order chi connectivity index (χ1) is 8.40. The van der Waals surface area contributed by atoms with Crippen molar-refractivity contribution in [2.75, 3.05) is 19.0 Å². The van der Waals surface area contributed by atoms with E-state index in [0.29, 0.717) is 12.6 Å². The third kappa shape index (κ3) is 3.93. The number of ether oxygens (including phenoxy) is 1. The summed E-state index contributed by atoms with van der Waals surface area (Å²) < 4.78 is 7.20. The van der Waals surface area contributed by atoms with Gasteiger partial charge in [0.1, 0.15) is 0 Å². The van der Waals surface area contributed by atoms with Crippen LogP contribution < -0.4 is 0 Å². The predicted molar refractivity (Wildman–Crippen MR) is 63.8 cm³/mol. The molecule has 2 rings (SSSR count). The molecular formula is C10H18N4O2S. The molecule has 1 N–H and O–H groups in total. The molecule has 1 saturated heterocycles. The van der Waals surface area contributed by atoms with E-state index in [2.05, 4.69) is 15.5 Å². The Hall–Kier alpha value is -0.660. The van der Waals surface area contributed by atoms with Crippen molar-refractivity contribution >= 4 is 11.8 Å². The topological polar surface area (TPSA) is 73.1 Å². The van der Waals surface area contributed by atoms with Crippen LogP contribution in [0.2, 0.25) is 0 Å². The lowest BCUT2D eigenvalue weighted by atomic mass is 10.1. The highest BCUT2D eigenvalue weighted by atomic mass is 32.2. The zero-order chi connectivity index (χ0) is 11.9. The van der Waals surface area contributed by atoms with Crippen LogP contribution in [0.1, 0.15) is 25.7 Å².